The van der Waals surface area contributed by atoms with E-state index in [0.29, 0.717) is 24.7 Å². The van der Waals surface area contributed by atoms with Crippen LogP contribution in [0.25, 0.3) is 0 Å². The van der Waals surface area contributed by atoms with Crippen LogP contribution in [0, 0.1) is 5.92 Å². The minimum absolute atomic E-state index is 0.0551. The second-order valence-electron chi connectivity index (χ2n) is 6.95. The molecule has 1 aromatic rings. The van der Waals surface area contributed by atoms with E-state index in [-0.39, 0.29) is 11.9 Å². The number of carbonyl (C=O) groups is 2. The first-order valence-corrected chi connectivity index (χ1v) is 8.65. The van der Waals surface area contributed by atoms with Crippen LogP contribution in [0.1, 0.15) is 51.0 Å². The molecule has 2 heterocycles. The van der Waals surface area contributed by atoms with Crippen LogP contribution in [0.4, 0.5) is 4.79 Å². The number of hydrogen-bond acceptors (Lipinski definition) is 6. The van der Waals surface area contributed by atoms with E-state index in [1.165, 1.54) is 0 Å². The van der Waals surface area contributed by atoms with Crippen molar-refractivity contribution in [3.63, 3.8) is 0 Å². The van der Waals surface area contributed by atoms with Gasteiger partial charge in [0.15, 0.2) is 5.69 Å². The lowest BCUT2D eigenvalue weighted by Gasteiger charge is -2.38. The molecule has 0 spiro atoms. The molecule has 23 heavy (non-hydrogen) atoms. The Kier molecular flexibility index (Phi) is 5.56. The highest BCUT2D eigenvalue weighted by atomic mass is 32.1. The summed E-state index contributed by atoms with van der Waals surface area (Å²) in [5.41, 5.74) is -0.169. The first-order chi connectivity index (χ1) is 10.8. The minimum Gasteiger partial charge on any atom is -0.444 e. The van der Waals surface area contributed by atoms with Crippen molar-refractivity contribution >= 4 is 23.5 Å². The molecule has 1 fully saturated rings. The van der Waals surface area contributed by atoms with E-state index >= 15 is 0 Å². The van der Waals surface area contributed by atoms with Crippen molar-refractivity contribution in [2.24, 2.45) is 5.92 Å². The number of likely N-dealkylation sites (tertiary alicyclic amines) is 1. The average Bonchev–Trinajstić information content (AvgIpc) is 2.97. The van der Waals surface area contributed by atoms with Gasteiger partial charge in [-0.05, 0) is 51.1 Å². The second kappa shape index (κ2) is 7.25. The molecular weight excluding hydrogens is 316 g/mol. The number of alkyl carbamates (subject to hydrolysis) is 1. The van der Waals surface area contributed by atoms with Gasteiger partial charge in [-0.1, -0.05) is 11.4 Å². The molecule has 2 amide bonds. The van der Waals surface area contributed by atoms with Crippen LogP contribution in [0.2, 0.25) is 0 Å². The smallest absolute Gasteiger partial charge is 0.407 e. The number of nitrogens with one attached hydrogen (secondary N) is 1. The zero-order chi connectivity index (χ0) is 17.0. The van der Waals surface area contributed by atoms with E-state index < -0.39 is 11.7 Å². The van der Waals surface area contributed by atoms with Crippen molar-refractivity contribution in [1.29, 1.82) is 0 Å². The predicted molar refractivity (Wildman–Crippen MR) is 87.4 cm³/mol. The number of piperidine rings is 1. The van der Waals surface area contributed by atoms with Crippen molar-refractivity contribution < 1.29 is 14.3 Å². The topological polar surface area (TPSA) is 84.4 Å². The minimum atomic E-state index is -0.536. The number of amides is 2. The van der Waals surface area contributed by atoms with Gasteiger partial charge in [0.1, 0.15) is 5.60 Å². The Morgan fingerprint density at radius 1 is 1.48 bits per heavy atom. The van der Waals surface area contributed by atoms with Gasteiger partial charge in [0.2, 0.25) is 0 Å². The molecule has 1 saturated heterocycles. The van der Waals surface area contributed by atoms with Crippen LogP contribution < -0.4 is 5.32 Å². The third kappa shape index (κ3) is 5.16. The van der Waals surface area contributed by atoms with Gasteiger partial charge in [0, 0.05) is 24.5 Å². The van der Waals surface area contributed by atoms with E-state index in [4.69, 9.17) is 4.74 Å². The molecule has 0 bridgehead atoms. The van der Waals surface area contributed by atoms with Gasteiger partial charge in [0.25, 0.3) is 5.91 Å². The summed E-state index contributed by atoms with van der Waals surface area (Å²) in [7, 11) is 0. The molecule has 1 aromatic heterocycles. The lowest BCUT2D eigenvalue weighted by molar-refractivity contribution is 0.0434. The van der Waals surface area contributed by atoms with Crippen molar-refractivity contribution in [1.82, 2.24) is 19.8 Å². The highest BCUT2D eigenvalue weighted by Gasteiger charge is 2.32. The molecule has 1 aliphatic heterocycles. The van der Waals surface area contributed by atoms with Gasteiger partial charge < -0.3 is 15.0 Å². The predicted octanol–water partition coefficient (Wildman–Crippen LogP) is 2.30. The lowest BCUT2D eigenvalue weighted by Crippen LogP contribution is -2.51. The fourth-order valence-electron chi connectivity index (χ4n) is 2.63. The van der Waals surface area contributed by atoms with Gasteiger partial charge in [0.05, 0.1) is 0 Å². The lowest BCUT2D eigenvalue weighted by atomic mass is 9.92. The summed E-state index contributed by atoms with van der Waals surface area (Å²) in [4.78, 5) is 26.2. The van der Waals surface area contributed by atoms with Gasteiger partial charge in [-0.2, -0.15) is 0 Å². The molecule has 0 radical (unpaired) electrons. The first-order valence-electron chi connectivity index (χ1n) is 7.81. The van der Waals surface area contributed by atoms with Crippen molar-refractivity contribution in [2.75, 3.05) is 13.1 Å². The molecule has 0 aliphatic carbocycles. The second-order valence-corrected chi connectivity index (χ2v) is 7.56. The van der Waals surface area contributed by atoms with Gasteiger partial charge in [-0.3, -0.25) is 4.79 Å². The van der Waals surface area contributed by atoms with Crippen LogP contribution in [0.15, 0.2) is 5.38 Å². The van der Waals surface area contributed by atoms with Crippen LogP contribution >= 0.6 is 11.5 Å². The molecule has 1 aliphatic rings. The molecule has 8 heteroatoms. The number of rotatable bonds is 3. The molecule has 1 N–H and O–H groups in total. The SMILES string of the molecule is CC1CCN(C(=O)c2csnn2)C(CNC(=O)OC(C)(C)C)C1. The Bertz CT molecular complexity index is 541. The quantitative estimate of drug-likeness (QED) is 0.913. The zero-order valence-electron chi connectivity index (χ0n) is 14.0. The monoisotopic (exact) mass is 340 g/mol. The third-order valence-electron chi connectivity index (χ3n) is 3.70. The molecule has 2 atom stereocenters. The molecule has 128 valence electrons. The molecular formula is C15H24N4O3S. The molecule has 7 nitrogen and oxygen atoms in total. The highest BCUT2D eigenvalue weighted by Crippen LogP contribution is 2.24. The van der Waals surface area contributed by atoms with Crippen LogP contribution in [0.5, 0.6) is 0 Å². The number of nitrogens with zero attached hydrogens (tertiary/aromatic N) is 3. The summed E-state index contributed by atoms with van der Waals surface area (Å²) in [6, 6.07) is -0.0551. The van der Waals surface area contributed by atoms with Gasteiger partial charge in [-0.25, -0.2) is 4.79 Å². The van der Waals surface area contributed by atoms with Gasteiger partial charge in [-0.15, -0.1) is 5.10 Å². The molecule has 0 saturated carbocycles. The fourth-order valence-corrected chi connectivity index (χ4v) is 3.06. The van der Waals surface area contributed by atoms with Crippen LogP contribution in [0.3, 0.4) is 0 Å². The first kappa shape index (κ1) is 17.7. The maximum Gasteiger partial charge on any atom is 0.407 e. The van der Waals surface area contributed by atoms with E-state index in [1.54, 1.807) is 10.3 Å². The summed E-state index contributed by atoms with van der Waals surface area (Å²) in [5, 5.41) is 8.28. The summed E-state index contributed by atoms with van der Waals surface area (Å²) >= 11 is 1.16. The number of carbonyl (C=O) groups excluding carboxylic acids is 2. The zero-order valence-corrected chi connectivity index (χ0v) is 14.9. The maximum atomic E-state index is 12.5. The van der Waals surface area contributed by atoms with Gasteiger partial charge >= 0.3 is 6.09 Å². The summed E-state index contributed by atoms with van der Waals surface area (Å²) in [5.74, 6) is 0.389. The largest absolute Gasteiger partial charge is 0.444 e. The van der Waals surface area contributed by atoms with Crippen molar-refractivity contribution in [3.8, 4) is 0 Å². The Balaban J connectivity index is 1.98. The van der Waals surface area contributed by atoms with E-state index in [9.17, 15) is 9.59 Å². The average molecular weight is 340 g/mol. The summed E-state index contributed by atoms with van der Waals surface area (Å²) < 4.78 is 9.00. The summed E-state index contributed by atoms with van der Waals surface area (Å²) in [6.07, 6.45) is 1.34. The van der Waals surface area contributed by atoms with E-state index in [1.807, 2.05) is 20.8 Å². The van der Waals surface area contributed by atoms with Crippen molar-refractivity contribution in [3.05, 3.63) is 11.1 Å². The van der Waals surface area contributed by atoms with Crippen LogP contribution in [-0.2, 0) is 4.74 Å². The van der Waals surface area contributed by atoms with E-state index in [0.717, 1.165) is 24.4 Å². The normalized spacial score (nSPS) is 21.8. The number of aromatic nitrogens is 2. The number of ether oxygens (including phenoxy) is 1. The third-order valence-corrected chi connectivity index (χ3v) is 4.20. The number of hydrogen-bond donors (Lipinski definition) is 1. The summed E-state index contributed by atoms with van der Waals surface area (Å²) in [6.45, 7) is 8.66. The Morgan fingerprint density at radius 2 is 2.22 bits per heavy atom. The molecule has 2 unspecified atom stereocenters. The van der Waals surface area contributed by atoms with Crippen molar-refractivity contribution in [2.45, 2.75) is 52.2 Å². The fraction of sp³-hybridized carbons (Fsp3) is 0.733. The van der Waals surface area contributed by atoms with E-state index in [2.05, 4.69) is 21.8 Å². The standard InChI is InChI=1S/C15H24N4O3S/c1-10-5-6-19(13(20)12-9-23-18-17-12)11(7-10)8-16-14(21)22-15(2,3)4/h9-11H,5-8H2,1-4H3,(H,16,21). The Morgan fingerprint density at radius 3 is 2.83 bits per heavy atom. The highest BCUT2D eigenvalue weighted by molar-refractivity contribution is 7.03. The Labute approximate surface area is 140 Å². The molecule has 2 rings (SSSR count). The molecule has 0 aromatic carbocycles. The maximum absolute atomic E-state index is 12.5. The van der Waals surface area contributed by atoms with Crippen LogP contribution in [-0.4, -0.2) is 51.2 Å². The Hall–Kier alpha value is -1.70.